The Balaban J connectivity index is 1.53. The number of hydrogen-bond acceptors (Lipinski definition) is 6. The van der Waals surface area contributed by atoms with E-state index in [1.165, 1.54) is 41.3 Å². The van der Waals surface area contributed by atoms with Crippen LogP contribution >= 0.6 is 0 Å². The monoisotopic (exact) mass is 544 g/mol. The van der Waals surface area contributed by atoms with E-state index in [1.54, 1.807) is 0 Å². The molecule has 1 atom stereocenters. The number of amides is 2. The molecule has 9 nitrogen and oxygen atoms in total. The van der Waals surface area contributed by atoms with Gasteiger partial charge in [0.1, 0.15) is 5.75 Å². The minimum atomic E-state index is -5.18. The number of nitrogens with zero attached hydrogens (tertiary/aromatic N) is 2. The lowest BCUT2D eigenvalue weighted by Crippen LogP contribution is -2.30. The molecule has 1 aliphatic rings. The predicted molar refractivity (Wildman–Crippen MR) is 120 cm³/mol. The van der Waals surface area contributed by atoms with Crippen LogP contribution in [0.1, 0.15) is 22.7 Å². The summed E-state index contributed by atoms with van der Waals surface area (Å²) in [4.78, 5) is 28.5. The topological polar surface area (TPSA) is 117 Å². The molecule has 38 heavy (non-hydrogen) atoms. The molecule has 0 bridgehead atoms. The molecule has 1 aromatic heterocycles. The first kappa shape index (κ1) is 26.6. The van der Waals surface area contributed by atoms with Gasteiger partial charge in [0.05, 0.1) is 5.56 Å². The summed E-state index contributed by atoms with van der Waals surface area (Å²) < 4.78 is 87.5. The molecule has 3 N–H and O–H groups in total. The Kier molecular flexibility index (Phi) is 7.11. The number of carboxylic acid groups (broad SMARTS) is 1. The van der Waals surface area contributed by atoms with Crippen LogP contribution in [0.5, 0.6) is 5.75 Å². The maximum atomic E-state index is 13.6. The molecule has 1 aliphatic heterocycles. The van der Waals surface area contributed by atoms with Crippen LogP contribution in [-0.4, -0.2) is 52.5 Å². The first-order valence-corrected chi connectivity index (χ1v) is 10.9. The molecule has 0 spiro atoms. The number of carbonyl (C=O) groups is 2. The molecule has 4 rings (SSSR count). The molecule has 2 heterocycles. The Labute approximate surface area is 210 Å². The van der Waals surface area contributed by atoms with Crippen LogP contribution in [0.2, 0.25) is 0 Å². The quantitative estimate of drug-likeness (QED) is 0.342. The van der Waals surface area contributed by atoms with Gasteiger partial charge < -0.3 is 29.8 Å². The number of hydrogen-bond donors (Lipinski definition) is 3. The van der Waals surface area contributed by atoms with E-state index in [1.807, 2.05) is 0 Å². The second-order valence-corrected chi connectivity index (χ2v) is 8.13. The average Bonchev–Trinajstić information content (AvgIpc) is 3.47. The van der Waals surface area contributed by atoms with Gasteiger partial charge in [-0.05, 0) is 42.8 Å². The Morgan fingerprint density at radius 2 is 1.68 bits per heavy atom. The number of para-hydroxylation sites is 1. The zero-order valence-corrected chi connectivity index (χ0v) is 19.1. The zero-order valence-electron chi connectivity index (χ0n) is 19.1. The molecule has 1 fully saturated rings. The summed E-state index contributed by atoms with van der Waals surface area (Å²) >= 11 is 0. The number of anilines is 2. The summed E-state index contributed by atoms with van der Waals surface area (Å²) in [6.45, 7) is 0.648. The first-order chi connectivity index (χ1) is 17.8. The summed E-state index contributed by atoms with van der Waals surface area (Å²) in [6.07, 6.45) is -10.8. The highest BCUT2D eigenvalue weighted by atomic mass is 19.4. The molecular formula is C23H18F6N4O5. The number of ether oxygens (including phenoxy) is 1. The van der Waals surface area contributed by atoms with E-state index in [0.717, 1.165) is 12.1 Å². The molecule has 0 radical (unpaired) electrons. The lowest BCUT2D eigenvalue weighted by atomic mass is 10.2. The minimum Gasteiger partial charge on any atom is -0.465 e. The average molecular weight is 544 g/mol. The minimum absolute atomic E-state index is 0.0950. The van der Waals surface area contributed by atoms with Crippen molar-refractivity contribution in [3.63, 3.8) is 0 Å². The van der Waals surface area contributed by atoms with Crippen molar-refractivity contribution in [2.45, 2.75) is 25.0 Å². The molecule has 0 saturated carbocycles. The van der Waals surface area contributed by atoms with Gasteiger partial charge in [0.15, 0.2) is 5.69 Å². The Morgan fingerprint density at radius 3 is 2.29 bits per heavy atom. The normalized spacial score (nSPS) is 15.8. The van der Waals surface area contributed by atoms with Gasteiger partial charge >= 0.3 is 18.6 Å². The van der Waals surface area contributed by atoms with Crippen LogP contribution in [-0.2, 0) is 6.18 Å². The molecule has 0 aliphatic carbocycles. The third kappa shape index (κ3) is 6.27. The number of carbonyl (C=O) groups excluding carboxylic acids is 1. The number of aromatic nitrogens is 1. The van der Waals surface area contributed by atoms with Crippen LogP contribution in [0.25, 0.3) is 11.5 Å². The summed E-state index contributed by atoms with van der Waals surface area (Å²) in [5.41, 5.74) is -1.05. The van der Waals surface area contributed by atoms with Crippen molar-refractivity contribution in [1.82, 2.24) is 9.88 Å². The summed E-state index contributed by atoms with van der Waals surface area (Å²) in [5.74, 6) is -4.86. The van der Waals surface area contributed by atoms with Gasteiger partial charge in [0, 0.05) is 30.5 Å². The van der Waals surface area contributed by atoms with Crippen LogP contribution in [0, 0.1) is 0 Å². The van der Waals surface area contributed by atoms with Gasteiger partial charge in [-0.25, -0.2) is 9.78 Å². The molecule has 1 saturated heterocycles. The number of likely N-dealkylation sites (tertiary alicyclic amines) is 1. The van der Waals surface area contributed by atoms with E-state index < -0.39 is 53.2 Å². The van der Waals surface area contributed by atoms with Crippen molar-refractivity contribution in [3.05, 3.63) is 60.0 Å². The standard InChI is InChI=1S/C23H18F6N4O5/c24-22(25,26)18-17(32-20(37-18)15-3-1-2-4-16(15)38-23(27,28)29)19(34)31-13-7-5-12(6-8-13)30-14-9-10-33(11-14)21(35)36/h1-8,14,30H,9-11H2,(H,31,34)(H,35,36)/t14-/m0/s1. The maximum Gasteiger partial charge on any atom is 0.573 e. The molecule has 202 valence electrons. The van der Waals surface area contributed by atoms with Gasteiger partial charge in [0.25, 0.3) is 5.91 Å². The summed E-state index contributed by atoms with van der Waals surface area (Å²) in [6, 6.07) is 9.97. The van der Waals surface area contributed by atoms with Gasteiger partial charge in [-0.15, -0.1) is 13.2 Å². The molecule has 2 aromatic carbocycles. The first-order valence-electron chi connectivity index (χ1n) is 10.9. The van der Waals surface area contributed by atoms with Crippen molar-refractivity contribution in [2.75, 3.05) is 23.7 Å². The highest BCUT2D eigenvalue weighted by Gasteiger charge is 2.42. The SMILES string of the molecule is O=C(Nc1ccc(N[C@H]2CCN(C(=O)O)C2)cc1)c1nc(-c2ccccc2OC(F)(F)F)oc1C(F)(F)F. The van der Waals surface area contributed by atoms with Crippen LogP contribution in [0.4, 0.5) is 42.5 Å². The van der Waals surface area contributed by atoms with E-state index in [9.17, 15) is 35.9 Å². The zero-order chi connectivity index (χ0) is 27.7. The number of oxazole rings is 1. The van der Waals surface area contributed by atoms with Crippen molar-refractivity contribution < 1.29 is 50.2 Å². The third-order valence-electron chi connectivity index (χ3n) is 5.42. The fourth-order valence-electron chi connectivity index (χ4n) is 3.77. The van der Waals surface area contributed by atoms with Crippen molar-refractivity contribution >= 4 is 23.4 Å². The predicted octanol–water partition coefficient (Wildman–Crippen LogP) is 5.68. The highest BCUT2D eigenvalue weighted by molar-refractivity contribution is 6.04. The maximum absolute atomic E-state index is 13.6. The van der Waals surface area contributed by atoms with Crippen molar-refractivity contribution in [3.8, 4) is 17.2 Å². The molecule has 2 amide bonds. The number of benzene rings is 2. The number of rotatable bonds is 6. The van der Waals surface area contributed by atoms with Crippen molar-refractivity contribution in [1.29, 1.82) is 0 Å². The largest absolute Gasteiger partial charge is 0.573 e. The third-order valence-corrected chi connectivity index (χ3v) is 5.42. The smallest absolute Gasteiger partial charge is 0.465 e. The lowest BCUT2D eigenvalue weighted by Gasteiger charge is -2.15. The van der Waals surface area contributed by atoms with Crippen LogP contribution < -0.4 is 15.4 Å². The molecular weight excluding hydrogens is 526 g/mol. The Hall–Kier alpha value is -4.43. The fraction of sp³-hybridized carbons (Fsp3) is 0.261. The number of alkyl halides is 6. The van der Waals surface area contributed by atoms with E-state index in [0.29, 0.717) is 18.7 Å². The van der Waals surface area contributed by atoms with Gasteiger partial charge in [-0.3, -0.25) is 4.79 Å². The summed E-state index contributed by atoms with van der Waals surface area (Å²) in [5, 5.41) is 14.4. The molecule has 3 aromatic rings. The van der Waals surface area contributed by atoms with E-state index in [-0.39, 0.29) is 18.3 Å². The van der Waals surface area contributed by atoms with E-state index in [4.69, 9.17) is 9.52 Å². The van der Waals surface area contributed by atoms with Crippen molar-refractivity contribution in [2.24, 2.45) is 0 Å². The molecule has 0 unspecified atom stereocenters. The molecule has 15 heteroatoms. The van der Waals surface area contributed by atoms with Gasteiger partial charge in [0.2, 0.25) is 11.7 Å². The Morgan fingerprint density at radius 1 is 1.03 bits per heavy atom. The summed E-state index contributed by atoms with van der Waals surface area (Å²) in [7, 11) is 0. The van der Waals surface area contributed by atoms with Crippen LogP contribution in [0.15, 0.2) is 52.9 Å². The lowest BCUT2D eigenvalue weighted by molar-refractivity contribution is -0.274. The highest BCUT2D eigenvalue weighted by Crippen LogP contribution is 2.39. The van der Waals surface area contributed by atoms with E-state index in [2.05, 4.69) is 20.4 Å². The van der Waals surface area contributed by atoms with Gasteiger partial charge in [-0.1, -0.05) is 12.1 Å². The number of halogens is 6. The van der Waals surface area contributed by atoms with E-state index >= 15 is 0 Å². The second-order valence-electron chi connectivity index (χ2n) is 8.13. The fourth-order valence-corrected chi connectivity index (χ4v) is 3.77. The number of nitrogens with one attached hydrogen (secondary N) is 2. The van der Waals surface area contributed by atoms with Gasteiger partial charge in [-0.2, -0.15) is 13.2 Å². The Bertz CT molecular complexity index is 1320. The second kappa shape index (κ2) is 10.1. The van der Waals surface area contributed by atoms with Crippen LogP contribution in [0.3, 0.4) is 0 Å².